The molecular formula is C18H34N2O. The third-order valence-electron chi connectivity index (χ3n) is 4.99. The molecule has 0 bridgehead atoms. The molecule has 3 nitrogen and oxygen atoms in total. The van der Waals surface area contributed by atoms with E-state index >= 15 is 0 Å². The van der Waals surface area contributed by atoms with Crippen molar-refractivity contribution < 1.29 is 4.79 Å². The molecule has 1 unspecified atom stereocenters. The molecule has 0 radical (unpaired) electrons. The second-order valence-electron chi connectivity index (χ2n) is 6.47. The van der Waals surface area contributed by atoms with Gasteiger partial charge in [0.05, 0.1) is 0 Å². The molecule has 1 aliphatic heterocycles. The van der Waals surface area contributed by atoms with E-state index < -0.39 is 0 Å². The van der Waals surface area contributed by atoms with Gasteiger partial charge in [-0.05, 0) is 32.8 Å². The quantitative estimate of drug-likeness (QED) is 0.501. The Morgan fingerprint density at radius 3 is 2.29 bits per heavy atom. The molecule has 122 valence electrons. The molecule has 1 amide bonds. The van der Waals surface area contributed by atoms with E-state index in [1.807, 2.05) is 17.9 Å². The van der Waals surface area contributed by atoms with Crippen molar-refractivity contribution >= 4 is 5.91 Å². The highest BCUT2D eigenvalue weighted by Crippen LogP contribution is 2.27. The molecule has 0 aromatic heterocycles. The van der Waals surface area contributed by atoms with Gasteiger partial charge in [0.15, 0.2) is 0 Å². The molecule has 1 aliphatic rings. The fourth-order valence-corrected chi connectivity index (χ4v) is 3.21. The zero-order valence-electron chi connectivity index (χ0n) is 14.5. The highest BCUT2D eigenvalue weighted by molar-refractivity contribution is 5.87. The first kappa shape index (κ1) is 18.2. The molecule has 1 fully saturated rings. The van der Waals surface area contributed by atoms with E-state index in [9.17, 15) is 4.79 Å². The number of piperazine rings is 1. The summed E-state index contributed by atoms with van der Waals surface area (Å²) in [4.78, 5) is 16.5. The minimum atomic E-state index is 0.165. The van der Waals surface area contributed by atoms with E-state index in [2.05, 4.69) is 25.7 Å². The van der Waals surface area contributed by atoms with Crippen LogP contribution in [-0.4, -0.2) is 47.4 Å². The Hall–Kier alpha value is -0.830. The van der Waals surface area contributed by atoms with Gasteiger partial charge in [0.2, 0.25) is 5.91 Å². The summed E-state index contributed by atoms with van der Waals surface area (Å²) in [5, 5.41) is 0. The van der Waals surface area contributed by atoms with Gasteiger partial charge < -0.3 is 4.90 Å². The normalized spacial score (nSPS) is 19.9. The molecule has 1 rings (SSSR count). The highest BCUT2D eigenvalue weighted by atomic mass is 16.2. The predicted molar refractivity (Wildman–Crippen MR) is 90.4 cm³/mol. The van der Waals surface area contributed by atoms with E-state index in [1.54, 1.807) is 6.08 Å². The number of nitrogens with zero attached hydrogens (tertiary/aromatic N) is 2. The zero-order chi connectivity index (χ0) is 15.7. The molecule has 0 N–H and O–H groups in total. The summed E-state index contributed by atoms with van der Waals surface area (Å²) >= 11 is 0. The van der Waals surface area contributed by atoms with Crippen molar-refractivity contribution in [2.75, 3.05) is 26.2 Å². The Bertz CT molecular complexity index is 332. The minimum absolute atomic E-state index is 0.165. The van der Waals surface area contributed by atoms with Gasteiger partial charge in [-0.25, -0.2) is 0 Å². The molecule has 3 heteroatoms. The van der Waals surface area contributed by atoms with E-state index in [1.165, 1.54) is 38.5 Å². The average molecular weight is 294 g/mol. The molecule has 0 saturated carbocycles. The van der Waals surface area contributed by atoms with Crippen LogP contribution >= 0.6 is 0 Å². The minimum Gasteiger partial charge on any atom is -0.337 e. The van der Waals surface area contributed by atoms with Crippen LogP contribution < -0.4 is 0 Å². The highest BCUT2D eigenvalue weighted by Gasteiger charge is 2.32. The number of rotatable bonds is 8. The Labute approximate surface area is 131 Å². The maximum atomic E-state index is 11.9. The molecule has 0 aromatic carbocycles. The standard InChI is InChI=1S/C18H34N2O/c1-5-8-9-10-12-18(4,7-3)20-15-13-19(14-16-20)17(21)11-6-2/h6,11H,5,7-10,12-16H2,1-4H3/b11-6+. The van der Waals surface area contributed by atoms with E-state index in [0.717, 1.165) is 26.2 Å². The molecule has 0 aliphatic carbocycles. The third-order valence-corrected chi connectivity index (χ3v) is 4.99. The van der Waals surface area contributed by atoms with Gasteiger partial charge in [0.25, 0.3) is 0 Å². The number of unbranched alkanes of at least 4 members (excludes halogenated alkanes) is 3. The van der Waals surface area contributed by atoms with Crippen molar-refractivity contribution in [3.63, 3.8) is 0 Å². The van der Waals surface area contributed by atoms with Gasteiger partial charge >= 0.3 is 0 Å². The van der Waals surface area contributed by atoms with Crippen LogP contribution in [0.2, 0.25) is 0 Å². The second kappa shape index (κ2) is 9.24. The molecule has 21 heavy (non-hydrogen) atoms. The summed E-state index contributed by atoms with van der Waals surface area (Å²) in [6, 6.07) is 0. The van der Waals surface area contributed by atoms with Gasteiger partial charge in [0, 0.05) is 31.7 Å². The maximum absolute atomic E-state index is 11.9. The van der Waals surface area contributed by atoms with Crippen LogP contribution in [0.15, 0.2) is 12.2 Å². The summed E-state index contributed by atoms with van der Waals surface area (Å²) in [5.74, 6) is 0.165. The number of amides is 1. The fourth-order valence-electron chi connectivity index (χ4n) is 3.21. The van der Waals surface area contributed by atoms with Crippen LogP contribution in [0.5, 0.6) is 0 Å². The SMILES string of the molecule is C/C=C/C(=O)N1CCN(C(C)(CC)CCCCCC)CC1. The van der Waals surface area contributed by atoms with Gasteiger partial charge in [0.1, 0.15) is 0 Å². The summed E-state index contributed by atoms with van der Waals surface area (Å²) in [6.07, 6.45) is 11.3. The summed E-state index contributed by atoms with van der Waals surface area (Å²) in [7, 11) is 0. The van der Waals surface area contributed by atoms with E-state index in [4.69, 9.17) is 0 Å². The largest absolute Gasteiger partial charge is 0.337 e. The first-order chi connectivity index (χ1) is 10.1. The van der Waals surface area contributed by atoms with Crippen molar-refractivity contribution in [2.45, 2.75) is 71.8 Å². The van der Waals surface area contributed by atoms with Gasteiger partial charge in [-0.2, -0.15) is 0 Å². The molecule has 0 spiro atoms. The summed E-state index contributed by atoms with van der Waals surface area (Å²) in [5.41, 5.74) is 0.309. The fraction of sp³-hybridized carbons (Fsp3) is 0.833. The molecule has 1 saturated heterocycles. The Kier molecular flexibility index (Phi) is 8.02. The Balaban J connectivity index is 2.47. The van der Waals surface area contributed by atoms with E-state index in [-0.39, 0.29) is 5.91 Å². The second-order valence-corrected chi connectivity index (χ2v) is 6.47. The lowest BCUT2D eigenvalue weighted by atomic mass is 9.88. The van der Waals surface area contributed by atoms with Crippen LogP contribution in [0.4, 0.5) is 0 Å². The third kappa shape index (κ3) is 5.46. The molecular weight excluding hydrogens is 260 g/mol. The number of hydrogen-bond donors (Lipinski definition) is 0. The number of carbonyl (C=O) groups is 1. The lowest BCUT2D eigenvalue weighted by molar-refractivity contribution is -0.128. The first-order valence-electron chi connectivity index (χ1n) is 8.74. The number of carbonyl (C=O) groups excluding carboxylic acids is 1. The molecule has 0 aromatic rings. The lowest BCUT2D eigenvalue weighted by Gasteiger charge is -2.46. The first-order valence-corrected chi connectivity index (χ1v) is 8.74. The van der Waals surface area contributed by atoms with E-state index in [0.29, 0.717) is 5.54 Å². The zero-order valence-corrected chi connectivity index (χ0v) is 14.5. The van der Waals surface area contributed by atoms with Gasteiger partial charge in [-0.3, -0.25) is 9.69 Å². The Morgan fingerprint density at radius 1 is 1.10 bits per heavy atom. The smallest absolute Gasteiger partial charge is 0.246 e. The van der Waals surface area contributed by atoms with Crippen molar-refractivity contribution in [1.29, 1.82) is 0 Å². The van der Waals surface area contributed by atoms with Crippen LogP contribution in [-0.2, 0) is 4.79 Å². The van der Waals surface area contributed by atoms with Crippen LogP contribution in [0.1, 0.15) is 66.2 Å². The van der Waals surface area contributed by atoms with Crippen LogP contribution in [0, 0.1) is 0 Å². The molecule has 1 heterocycles. The van der Waals surface area contributed by atoms with Crippen molar-refractivity contribution in [3.05, 3.63) is 12.2 Å². The monoisotopic (exact) mass is 294 g/mol. The maximum Gasteiger partial charge on any atom is 0.246 e. The number of hydrogen-bond acceptors (Lipinski definition) is 2. The van der Waals surface area contributed by atoms with Crippen molar-refractivity contribution in [2.24, 2.45) is 0 Å². The molecule has 1 atom stereocenters. The average Bonchev–Trinajstić information content (AvgIpc) is 2.52. The summed E-state index contributed by atoms with van der Waals surface area (Å²) < 4.78 is 0. The van der Waals surface area contributed by atoms with Crippen molar-refractivity contribution in [3.8, 4) is 0 Å². The summed E-state index contributed by atoms with van der Waals surface area (Å²) in [6.45, 7) is 12.6. The van der Waals surface area contributed by atoms with Gasteiger partial charge in [-0.15, -0.1) is 0 Å². The lowest BCUT2D eigenvalue weighted by Crippen LogP contribution is -2.56. The predicted octanol–water partition coefficient (Wildman–Crippen LogP) is 3.85. The Morgan fingerprint density at radius 2 is 1.76 bits per heavy atom. The van der Waals surface area contributed by atoms with Crippen molar-refractivity contribution in [1.82, 2.24) is 9.80 Å². The van der Waals surface area contributed by atoms with Gasteiger partial charge in [-0.1, -0.05) is 45.6 Å². The van der Waals surface area contributed by atoms with Crippen LogP contribution in [0.25, 0.3) is 0 Å². The number of allylic oxidation sites excluding steroid dienone is 1. The topological polar surface area (TPSA) is 23.6 Å². The van der Waals surface area contributed by atoms with Crippen LogP contribution in [0.3, 0.4) is 0 Å².